The number of ether oxygens (including phenoxy) is 2. The molecule has 2 aliphatic rings. The van der Waals surface area contributed by atoms with Crippen LogP contribution in [0.4, 0.5) is 4.39 Å². The summed E-state index contributed by atoms with van der Waals surface area (Å²) in [5, 5.41) is 10.3. The highest BCUT2D eigenvalue weighted by molar-refractivity contribution is 7.93. The Labute approximate surface area is 188 Å². The van der Waals surface area contributed by atoms with Crippen molar-refractivity contribution in [3.8, 4) is 5.75 Å². The summed E-state index contributed by atoms with van der Waals surface area (Å²) in [5.74, 6) is -3.18. The largest absolute Gasteiger partial charge is 0.481 e. The smallest absolute Gasteiger partial charge is 0.316 e. The molecule has 2 aromatic rings. The van der Waals surface area contributed by atoms with Crippen LogP contribution in [0, 0.1) is 11.2 Å². The van der Waals surface area contributed by atoms with Gasteiger partial charge in [0, 0.05) is 12.7 Å². The third-order valence-electron chi connectivity index (χ3n) is 5.74. The third-order valence-corrected chi connectivity index (χ3v) is 8.04. The molecule has 2 heterocycles. The number of allylic oxidation sites excluding steroid dienone is 1. The quantitative estimate of drug-likeness (QED) is 0.621. The van der Waals surface area contributed by atoms with Gasteiger partial charge in [-0.05, 0) is 42.8 Å². The molecule has 0 spiro atoms. The Morgan fingerprint density at radius 1 is 1.15 bits per heavy atom. The van der Waals surface area contributed by atoms with Crippen molar-refractivity contribution in [2.75, 3.05) is 6.61 Å². The van der Waals surface area contributed by atoms with E-state index in [0.29, 0.717) is 0 Å². The van der Waals surface area contributed by atoms with Crippen LogP contribution in [-0.2, 0) is 24.2 Å². The summed E-state index contributed by atoms with van der Waals surface area (Å²) in [4.78, 5) is 26.3. The number of nitrogens with zero attached hydrogens (tertiary/aromatic N) is 1. The molecular formula is C22H19FN2O7S. The van der Waals surface area contributed by atoms with Crippen molar-refractivity contribution >= 4 is 27.9 Å². The van der Waals surface area contributed by atoms with Crippen molar-refractivity contribution in [3.05, 3.63) is 72.2 Å². The second-order valence-electron chi connectivity index (χ2n) is 7.55. The van der Waals surface area contributed by atoms with E-state index in [-0.39, 0.29) is 29.4 Å². The number of rotatable bonds is 7. The summed E-state index contributed by atoms with van der Waals surface area (Å²) in [6.45, 7) is -0.219. The summed E-state index contributed by atoms with van der Waals surface area (Å²) in [6, 6.07) is 12.0. The molecule has 0 saturated carbocycles. The fourth-order valence-corrected chi connectivity index (χ4v) is 6.32. The molecule has 0 aromatic heterocycles. The zero-order valence-electron chi connectivity index (χ0n) is 17.0. The topological polar surface area (TPSA) is 145 Å². The molecule has 4 rings (SSSR count). The first-order valence-corrected chi connectivity index (χ1v) is 11.3. The number of hydrogen-bond acceptors (Lipinski definition) is 7. The van der Waals surface area contributed by atoms with Gasteiger partial charge < -0.3 is 20.3 Å². The Balaban J connectivity index is 1.94. The molecule has 2 aliphatic heterocycles. The number of carbonyl (C=O) groups is 2. The lowest BCUT2D eigenvalue weighted by Gasteiger charge is -2.40. The number of nitrogens with two attached hydrogens (primary N) is 1. The van der Waals surface area contributed by atoms with E-state index in [1.807, 2.05) is 0 Å². The number of aliphatic carboxylic acids is 1. The highest BCUT2D eigenvalue weighted by Crippen LogP contribution is 2.54. The fourth-order valence-electron chi connectivity index (χ4n) is 4.21. The molecule has 172 valence electrons. The van der Waals surface area contributed by atoms with E-state index in [1.165, 1.54) is 36.4 Å². The predicted octanol–water partition coefficient (Wildman–Crippen LogP) is 1.69. The van der Waals surface area contributed by atoms with Crippen molar-refractivity contribution in [1.29, 1.82) is 0 Å². The van der Waals surface area contributed by atoms with Crippen molar-refractivity contribution in [2.45, 2.75) is 22.3 Å². The average Bonchev–Trinajstić information content (AvgIpc) is 3.42. The molecule has 2 aromatic carbocycles. The lowest BCUT2D eigenvalue weighted by molar-refractivity contribution is -0.158. The van der Waals surface area contributed by atoms with Crippen LogP contribution in [-0.4, -0.2) is 49.2 Å². The molecule has 0 aliphatic carbocycles. The van der Waals surface area contributed by atoms with E-state index >= 15 is 0 Å². The Morgan fingerprint density at radius 2 is 1.82 bits per heavy atom. The molecule has 11 heteroatoms. The van der Waals surface area contributed by atoms with Gasteiger partial charge in [-0.25, -0.2) is 12.8 Å². The molecule has 1 saturated heterocycles. The number of carboxylic acid groups (broad SMARTS) is 1. The van der Waals surface area contributed by atoms with Crippen LogP contribution in [0.25, 0.3) is 0 Å². The zero-order chi connectivity index (χ0) is 23.9. The molecule has 9 nitrogen and oxygen atoms in total. The Morgan fingerprint density at radius 3 is 2.42 bits per heavy atom. The number of carbonyl (C=O) groups excluding carboxylic acids is 1. The van der Waals surface area contributed by atoms with Crippen molar-refractivity contribution in [2.24, 2.45) is 16.1 Å². The van der Waals surface area contributed by atoms with Crippen molar-refractivity contribution < 1.29 is 37.0 Å². The van der Waals surface area contributed by atoms with Crippen LogP contribution in [0.1, 0.15) is 6.42 Å². The minimum Gasteiger partial charge on any atom is -0.481 e. The van der Waals surface area contributed by atoms with E-state index in [2.05, 4.69) is 4.99 Å². The van der Waals surface area contributed by atoms with Gasteiger partial charge in [-0.1, -0.05) is 18.2 Å². The maximum absolute atomic E-state index is 13.9. The summed E-state index contributed by atoms with van der Waals surface area (Å²) in [5.41, 5.74) is 3.07. The van der Waals surface area contributed by atoms with Gasteiger partial charge in [0.2, 0.25) is 20.6 Å². The van der Waals surface area contributed by atoms with Gasteiger partial charge in [-0.15, -0.1) is 0 Å². The highest BCUT2D eigenvalue weighted by atomic mass is 32.2. The molecule has 1 fully saturated rings. The maximum atomic E-state index is 13.9. The molecular weight excluding hydrogens is 455 g/mol. The molecule has 3 N–H and O–H groups in total. The SMILES string of the molecule is NC(=O)C1OCCC1(C(=O)O)C1(S(=O)(=O)c2ccccc2)C=C(Oc2ccc(F)cc2)C=N1. The van der Waals surface area contributed by atoms with Gasteiger partial charge in [-0.3, -0.25) is 14.6 Å². The molecule has 0 radical (unpaired) electrons. The van der Waals surface area contributed by atoms with E-state index in [9.17, 15) is 27.5 Å². The summed E-state index contributed by atoms with van der Waals surface area (Å²) in [7, 11) is -4.57. The predicted molar refractivity (Wildman–Crippen MR) is 114 cm³/mol. The second kappa shape index (κ2) is 8.09. The van der Waals surface area contributed by atoms with E-state index in [0.717, 1.165) is 24.4 Å². The molecule has 3 atom stereocenters. The monoisotopic (exact) mass is 474 g/mol. The second-order valence-corrected chi connectivity index (χ2v) is 9.65. The number of aliphatic imine (C=N–C) groups is 1. The summed E-state index contributed by atoms with van der Waals surface area (Å²) >= 11 is 0. The van der Waals surface area contributed by atoms with Gasteiger partial charge in [0.15, 0.2) is 6.10 Å². The van der Waals surface area contributed by atoms with E-state index < -0.39 is 43.9 Å². The Kier molecular flexibility index (Phi) is 5.54. The summed E-state index contributed by atoms with van der Waals surface area (Å²) < 4.78 is 52.0. The normalized spacial score (nSPS) is 26.7. The van der Waals surface area contributed by atoms with Crippen LogP contribution < -0.4 is 10.5 Å². The first-order valence-electron chi connectivity index (χ1n) is 9.79. The Bertz CT molecular complexity index is 1260. The number of primary amides is 1. The van der Waals surface area contributed by atoms with Crippen LogP contribution in [0.5, 0.6) is 5.75 Å². The number of benzene rings is 2. The van der Waals surface area contributed by atoms with Crippen LogP contribution >= 0.6 is 0 Å². The molecule has 3 unspecified atom stereocenters. The van der Waals surface area contributed by atoms with Crippen LogP contribution in [0.2, 0.25) is 0 Å². The van der Waals surface area contributed by atoms with Gasteiger partial charge in [0.1, 0.15) is 22.7 Å². The van der Waals surface area contributed by atoms with Crippen LogP contribution in [0.3, 0.4) is 0 Å². The average molecular weight is 474 g/mol. The Hall–Kier alpha value is -3.57. The van der Waals surface area contributed by atoms with Gasteiger partial charge >= 0.3 is 5.97 Å². The number of hydrogen-bond donors (Lipinski definition) is 2. The number of halogens is 1. The first-order chi connectivity index (χ1) is 15.6. The van der Waals surface area contributed by atoms with Gasteiger partial charge in [0.05, 0.1) is 11.1 Å². The fraction of sp³-hybridized carbons (Fsp3) is 0.227. The maximum Gasteiger partial charge on any atom is 0.316 e. The molecule has 1 amide bonds. The standard InChI is InChI=1S/C22H19FN2O7S/c23-14-6-8-15(9-7-14)32-16-12-22(25-13-16,33(29,30)17-4-2-1-3-5-17)21(20(27)28)10-11-31-18(21)19(24)26/h1-9,12-13,18H,10-11H2,(H2,24,26)(H,27,28). The third kappa shape index (κ3) is 3.40. The van der Waals surface area contributed by atoms with Crippen molar-refractivity contribution in [1.82, 2.24) is 0 Å². The minimum absolute atomic E-state index is 0.100. The van der Waals surface area contributed by atoms with Crippen LogP contribution in [0.15, 0.2) is 76.3 Å². The lowest BCUT2D eigenvalue weighted by Crippen LogP contribution is -2.62. The molecule has 0 bridgehead atoms. The number of sulfone groups is 1. The van der Waals surface area contributed by atoms with Gasteiger partial charge in [-0.2, -0.15) is 0 Å². The van der Waals surface area contributed by atoms with E-state index in [4.69, 9.17) is 15.2 Å². The van der Waals surface area contributed by atoms with Crippen molar-refractivity contribution in [3.63, 3.8) is 0 Å². The number of amides is 1. The number of carboxylic acids is 1. The zero-order valence-corrected chi connectivity index (χ0v) is 17.9. The first kappa shape index (κ1) is 22.6. The summed E-state index contributed by atoms with van der Waals surface area (Å²) in [6.07, 6.45) is -0.0192. The van der Waals surface area contributed by atoms with Gasteiger partial charge in [0.25, 0.3) is 0 Å². The molecule has 33 heavy (non-hydrogen) atoms. The van der Waals surface area contributed by atoms with E-state index in [1.54, 1.807) is 6.07 Å². The highest BCUT2D eigenvalue weighted by Gasteiger charge is 2.72. The lowest BCUT2D eigenvalue weighted by atomic mass is 9.73. The minimum atomic E-state index is -4.57.